The summed E-state index contributed by atoms with van der Waals surface area (Å²) in [6.45, 7) is 8.98. The highest BCUT2D eigenvalue weighted by atomic mass is 15.1. The second kappa shape index (κ2) is 3.64. The minimum atomic E-state index is 0.232. The molecule has 0 amide bonds. The van der Waals surface area contributed by atoms with E-state index >= 15 is 0 Å². The van der Waals surface area contributed by atoms with Crippen LogP contribution in [0.2, 0.25) is 0 Å². The zero-order valence-electron chi connectivity index (χ0n) is 10.2. The van der Waals surface area contributed by atoms with E-state index in [1.54, 1.807) is 0 Å². The highest BCUT2D eigenvalue weighted by Crippen LogP contribution is 2.30. The molecule has 14 heavy (non-hydrogen) atoms. The van der Waals surface area contributed by atoms with Gasteiger partial charge in [-0.1, -0.05) is 32.9 Å². The smallest absolute Gasteiger partial charge is 0.0393 e. The zero-order valence-corrected chi connectivity index (χ0v) is 10.2. The van der Waals surface area contributed by atoms with Gasteiger partial charge in [-0.3, -0.25) is 0 Å². The maximum Gasteiger partial charge on any atom is 0.0393 e. The maximum absolute atomic E-state index is 2.26. The molecule has 0 atom stereocenters. The standard InChI is InChI=1S/C13H21N/c1-10-11(13(2,3)4)8-7-9-12(10)14(5)6/h7-9H,1-6H3. The lowest BCUT2D eigenvalue weighted by Gasteiger charge is -2.25. The fraction of sp³-hybridized carbons (Fsp3) is 0.538. The van der Waals surface area contributed by atoms with Gasteiger partial charge in [-0.15, -0.1) is 0 Å². The number of hydrogen-bond acceptors (Lipinski definition) is 1. The van der Waals surface area contributed by atoms with Crippen molar-refractivity contribution in [2.45, 2.75) is 33.1 Å². The molecule has 0 spiro atoms. The number of benzene rings is 1. The Morgan fingerprint density at radius 3 is 2.07 bits per heavy atom. The van der Waals surface area contributed by atoms with Crippen LogP contribution in [0.1, 0.15) is 31.9 Å². The molecule has 1 aromatic carbocycles. The van der Waals surface area contributed by atoms with Crippen molar-refractivity contribution in [1.82, 2.24) is 0 Å². The molecule has 1 heteroatoms. The summed E-state index contributed by atoms with van der Waals surface area (Å²) in [4.78, 5) is 2.17. The Morgan fingerprint density at radius 2 is 1.64 bits per heavy atom. The molecule has 0 radical (unpaired) electrons. The van der Waals surface area contributed by atoms with Crippen molar-refractivity contribution < 1.29 is 0 Å². The van der Waals surface area contributed by atoms with Crippen LogP contribution in [0.4, 0.5) is 5.69 Å². The van der Waals surface area contributed by atoms with Crippen LogP contribution < -0.4 is 4.90 Å². The third-order valence-corrected chi connectivity index (χ3v) is 2.60. The molecule has 0 heterocycles. The normalized spacial score (nSPS) is 11.6. The average Bonchev–Trinajstić information content (AvgIpc) is 2.01. The lowest BCUT2D eigenvalue weighted by molar-refractivity contribution is 0.586. The van der Waals surface area contributed by atoms with Crippen molar-refractivity contribution in [3.05, 3.63) is 29.3 Å². The molecule has 0 saturated carbocycles. The third-order valence-electron chi connectivity index (χ3n) is 2.60. The van der Waals surface area contributed by atoms with Crippen LogP contribution in [0.25, 0.3) is 0 Å². The summed E-state index contributed by atoms with van der Waals surface area (Å²) in [6.07, 6.45) is 0. The van der Waals surface area contributed by atoms with Gasteiger partial charge in [0, 0.05) is 19.8 Å². The first-order valence-electron chi connectivity index (χ1n) is 5.11. The monoisotopic (exact) mass is 191 g/mol. The van der Waals surface area contributed by atoms with Crippen molar-refractivity contribution in [1.29, 1.82) is 0 Å². The Kier molecular flexibility index (Phi) is 2.89. The van der Waals surface area contributed by atoms with Crippen molar-refractivity contribution in [2.24, 2.45) is 0 Å². The van der Waals surface area contributed by atoms with Crippen LogP contribution in [-0.4, -0.2) is 14.1 Å². The van der Waals surface area contributed by atoms with Crippen molar-refractivity contribution >= 4 is 5.69 Å². The zero-order chi connectivity index (χ0) is 10.9. The predicted molar refractivity (Wildman–Crippen MR) is 64.2 cm³/mol. The first kappa shape index (κ1) is 11.1. The van der Waals surface area contributed by atoms with Gasteiger partial charge in [0.05, 0.1) is 0 Å². The van der Waals surface area contributed by atoms with Crippen molar-refractivity contribution in [3.8, 4) is 0 Å². The summed E-state index contributed by atoms with van der Waals surface area (Å²) in [7, 11) is 4.18. The van der Waals surface area contributed by atoms with Crippen LogP contribution in [0.5, 0.6) is 0 Å². The number of anilines is 1. The average molecular weight is 191 g/mol. The molecular formula is C13H21N. The summed E-state index contributed by atoms with van der Waals surface area (Å²) in [5.74, 6) is 0. The van der Waals surface area contributed by atoms with Gasteiger partial charge in [-0.25, -0.2) is 0 Å². The van der Waals surface area contributed by atoms with Gasteiger partial charge in [0.25, 0.3) is 0 Å². The second-order valence-corrected chi connectivity index (χ2v) is 5.09. The van der Waals surface area contributed by atoms with Crippen molar-refractivity contribution in [3.63, 3.8) is 0 Å². The molecule has 0 aliphatic heterocycles. The van der Waals surface area contributed by atoms with Crippen LogP contribution >= 0.6 is 0 Å². The van der Waals surface area contributed by atoms with Gasteiger partial charge in [-0.05, 0) is 29.5 Å². The Labute approximate surface area is 87.7 Å². The highest BCUT2D eigenvalue weighted by molar-refractivity contribution is 5.56. The predicted octanol–water partition coefficient (Wildman–Crippen LogP) is 3.36. The first-order valence-corrected chi connectivity index (χ1v) is 5.11. The van der Waals surface area contributed by atoms with Crippen LogP contribution in [-0.2, 0) is 5.41 Å². The SMILES string of the molecule is Cc1c(N(C)C)cccc1C(C)(C)C. The molecule has 1 rings (SSSR count). The van der Waals surface area contributed by atoms with Gasteiger partial charge < -0.3 is 4.90 Å². The Morgan fingerprint density at radius 1 is 1.07 bits per heavy atom. The summed E-state index contributed by atoms with van der Waals surface area (Å²) in [5, 5.41) is 0. The summed E-state index contributed by atoms with van der Waals surface area (Å²) in [5.41, 5.74) is 4.38. The van der Waals surface area contributed by atoms with E-state index < -0.39 is 0 Å². The van der Waals surface area contributed by atoms with Gasteiger partial charge >= 0.3 is 0 Å². The molecule has 0 N–H and O–H groups in total. The molecule has 78 valence electrons. The van der Waals surface area contributed by atoms with Crippen LogP contribution in [0.15, 0.2) is 18.2 Å². The molecule has 1 nitrogen and oxygen atoms in total. The van der Waals surface area contributed by atoms with E-state index in [2.05, 4.69) is 64.9 Å². The van der Waals surface area contributed by atoms with Gasteiger partial charge in [0.1, 0.15) is 0 Å². The minimum absolute atomic E-state index is 0.232. The number of hydrogen-bond donors (Lipinski definition) is 0. The summed E-state index contributed by atoms with van der Waals surface area (Å²) in [6, 6.07) is 6.54. The molecule has 0 aliphatic rings. The Bertz CT molecular complexity index is 318. The largest absolute Gasteiger partial charge is 0.377 e. The first-order chi connectivity index (χ1) is 6.34. The molecule has 1 aromatic rings. The fourth-order valence-corrected chi connectivity index (χ4v) is 1.92. The van der Waals surface area contributed by atoms with Crippen LogP contribution in [0.3, 0.4) is 0 Å². The molecule has 0 bridgehead atoms. The summed E-state index contributed by atoms with van der Waals surface area (Å²) >= 11 is 0. The fourth-order valence-electron chi connectivity index (χ4n) is 1.92. The van der Waals surface area contributed by atoms with Gasteiger partial charge in [-0.2, -0.15) is 0 Å². The van der Waals surface area contributed by atoms with E-state index in [1.807, 2.05) is 0 Å². The Balaban J connectivity index is 3.28. The lowest BCUT2D eigenvalue weighted by Crippen LogP contribution is -2.17. The van der Waals surface area contributed by atoms with Crippen molar-refractivity contribution in [2.75, 3.05) is 19.0 Å². The molecule has 0 aromatic heterocycles. The molecule has 0 fully saturated rings. The highest BCUT2D eigenvalue weighted by Gasteiger charge is 2.17. The van der Waals surface area contributed by atoms with Crippen LogP contribution in [0, 0.1) is 6.92 Å². The molecule has 0 aliphatic carbocycles. The van der Waals surface area contributed by atoms with E-state index in [-0.39, 0.29) is 5.41 Å². The summed E-state index contributed by atoms with van der Waals surface area (Å²) < 4.78 is 0. The maximum atomic E-state index is 2.26. The Hall–Kier alpha value is -0.980. The lowest BCUT2D eigenvalue weighted by atomic mass is 9.83. The second-order valence-electron chi connectivity index (χ2n) is 5.09. The third kappa shape index (κ3) is 2.09. The minimum Gasteiger partial charge on any atom is -0.377 e. The number of rotatable bonds is 1. The molecule has 0 saturated heterocycles. The van der Waals surface area contributed by atoms with Gasteiger partial charge in [0.15, 0.2) is 0 Å². The molecular weight excluding hydrogens is 170 g/mol. The number of nitrogens with zero attached hydrogens (tertiary/aromatic N) is 1. The van der Waals surface area contributed by atoms with E-state index in [9.17, 15) is 0 Å². The van der Waals surface area contributed by atoms with E-state index in [0.717, 1.165) is 0 Å². The van der Waals surface area contributed by atoms with Gasteiger partial charge in [0.2, 0.25) is 0 Å². The van der Waals surface area contributed by atoms with E-state index in [4.69, 9.17) is 0 Å². The van der Waals surface area contributed by atoms with E-state index in [0.29, 0.717) is 0 Å². The molecule has 0 unspecified atom stereocenters. The topological polar surface area (TPSA) is 3.24 Å². The van der Waals surface area contributed by atoms with E-state index in [1.165, 1.54) is 16.8 Å². The quantitative estimate of drug-likeness (QED) is 0.658.